The monoisotopic (exact) mass is 261 g/mol. The van der Waals surface area contributed by atoms with E-state index < -0.39 is 11.9 Å². The van der Waals surface area contributed by atoms with Gasteiger partial charge in [0.1, 0.15) is 12.1 Å². The van der Waals surface area contributed by atoms with E-state index in [1.54, 1.807) is 13.0 Å². The third kappa shape index (κ3) is 3.13. The molecule has 1 aromatic heterocycles. The number of furan rings is 1. The van der Waals surface area contributed by atoms with Crippen molar-refractivity contribution in [2.24, 2.45) is 0 Å². The number of nitrogens with one attached hydrogen (secondary N) is 1. The lowest BCUT2D eigenvalue weighted by molar-refractivity contribution is -0.141. The Morgan fingerprint density at radius 1 is 1.32 bits per heavy atom. The normalized spacial score (nSPS) is 10.4. The van der Waals surface area contributed by atoms with Gasteiger partial charge in [-0.1, -0.05) is 11.6 Å². The topological polar surface area (TPSA) is 68.5 Å². The fourth-order valence-corrected chi connectivity index (χ4v) is 1.73. The first kappa shape index (κ1) is 13.1. The van der Waals surface area contributed by atoms with Gasteiger partial charge in [0.15, 0.2) is 5.76 Å². The predicted molar refractivity (Wildman–Crippen MR) is 69.9 cm³/mol. The number of fused-ring (bicyclic) bond motifs is 1. The zero-order chi connectivity index (χ0) is 13.8. The molecule has 2 aromatic rings. The van der Waals surface area contributed by atoms with Crippen LogP contribution < -0.4 is 5.32 Å². The molecule has 0 radical (unpaired) electrons. The molecule has 0 aliphatic rings. The first-order valence-electron chi connectivity index (χ1n) is 6.04. The second-order valence-electron chi connectivity index (χ2n) is 4.14. The van der Waals surface area contributed by atoms with E-state index >= 15 is 0 Å². The van der Waals surface area contributed by atoms with Gasteiger partial charge in [-0.05, 0) is 32.0 Å². The van der Waals surface area contributed by atoms with E-state index in [1.165, 1.54) is 0 Å². The van der Waals surface area contributed by atoms with Gasteiger partial charge < -0.3 is 14.5 Å². The Hall–Kier alpha value is -2.30. The number of amides is 1. The first-order chi connectivity index (χ1) is 9.10. The number of hydrogen-bond acceptors (Lipinski definition) is 4. The van der Waals surface area contributed by atoms with Gasteiger partial charge in [0, 0.05) is 5.39 Å². The lowest BCUT2D eigenvalue weighted by Gasteiger charge is -2.02. The first-order valence-corrected chi connectivity index (χ1v) is 6.04. The maximum atomic E-state index is 11.8. The fraction of sp³-hybridized carbons (Fsp3) is 0.286. The lowest BCUT2D eigenvalue weighted by Crippen LogP contribution is -2.30. The second-order valence-corrected chi connectivity index (χ2v) is 4.14. The van der Waals surface area contributed by atoms with Crippen molar-refractivity contribution >= 4 is 22.8 Å². The van der Waals surface area contributed by atoms with Gasteiger partial charge in [0.2, 0.25) is 0 Å². The number of aryl methyl sites for hydroxylation is 1. The van der Waals surface area contributed by atoms with Crippen molar-refractivity contribution in [2.45, 2.75) is 13.8 Å². The van der Waals surface area contributed by atoms with Crippen LogP contribution in [0.3, 0.4) is 0 Å². The SMILES string of the molecule is CCOC(=O)CNC(=O)c1cc2cc(C)ccc2o1. The van der Waals surface area contributed by atoms with Gasteiger partial charge in [-0.3, -0.25) is 9.59 Å². The molecular formula is C14H15NO4. The molecule has 100 valence electrons. The third-order valence-corrected chi connectivity index (χ3v) is 2.59. The van der Waals surface area contributed by atoms with Gasteiger partial charge in [-0.25, -0.2) is 0 Å². The summed E-state index contributed by atoms with van der Waals surface area (Å²) >= 11 is 0. The predicted octanol–water partition coefficient (Wildman–Crippen LogP) is 2.03. The number of ether oxygens (including phenoxy) is 1. The number of carbonyl (C=O) groups is 2. The van der Waals surface area contributed by atoms with E-state index in [-0.39, 0.29) is 12.3 Å². The van der Waals surface area contributed by atoms with Crippen molar-refractivity contribution in [3.05, 3.63) is 35.6 Å². The molecule has 0 bridgehead atoms. The minimum atomic E-state index is -0.470. The average molecular weight is 261 g/mol. The zero-order valence-electron chi connectivity index (χ0n) is 10.9. The largest absolute Gasteiger partial charge is 0.465 e. The highest BCUT2D eigenvalue weighted by atomic mass is 16.5. The molecule has 1 amide bonds. The molecule has 0 unspecified atom stereocenters. The van der Waals surface area contributed by atoms with Crippen molar-refractivity contribution in [2.75, 3.05) is 13.2 Å². The van der Waals surface area contributed by atoms with Crippen LogP contribution in [0.5, 0.6) is 0 Å². The summed E-state index contributed by atoms with van der Waals surface area (Å²) < 4.78 is 10.1. The highest BCUT2D eigenvalue weighted by Crippen LogP contribution is 2.20. The van der Waals surface area contributed by atoms with Crippen LogP contribution in [0.4, 0.5) is 0 Å². The van der Waals surface area contributed by atoms with Gasteiger partial charge in [-0.2, -0.15) is 0 Å². The summed E-state index contributed by atoms with van der Waals surface area (Å²) in [5, 5.41) is 3.31. The highest BCUT2D eigenvalue weighted by molar-refractivity contribution is 5.97. The second kappa shape index (κ2) is 5.56. The Kier molecular flexibility index (Phi) is 3.85. The molecule has 2 rings (SSSR count). The summed E-state index contributed by atoms with van der Waals surface area (Å²) in [5.41, 5.74) is 1.73. The maximum Gasteiger partial charge on any atom is 0.325 e. The molecule has 5 heteroatoms. The van der Waals surface area contributed by atoms with Crippen LogP contribution in [0.1, 0.15) is 23.0 Å². The molecule has 0 saturated heterocycles. The summed E-state index contributed by atoms with van der Waals surface area (Å²) in [6.07, 6.45) is 0. The van der Waals surface area contributed by atoms with Crippen LogP contribution in [-0.4, -0.2) is 25.0 Å². The highest BCUT2D eigenvalue weighted by Gasteiger charge is 2.13. The molecule has 5 nitrogen and oxygen atoms in total. The van der Waals surface area contributed by atoms with Crippen LogP contribution in [-0.2, 0) is 9.53 Å². The van der Waals surface area contributed by atoms with Crippen LogP contribution >= 0.6 is 0 Å². The quantitative estimate of drug-likeness (QED) is 0.855. The molecular weight excluding hydrogens is 246 g/mol. The van der Waals surface area contributed by atoms with Crippen molar-refractivity contribution < 1.29 is 18.7 Å². The van der Waals surface area contributed by atoms with Crippen LogP contribution in [0.25, 0.3) is 11.0 Å². The minimum absolute atomic E-state index is 0.164. The zero-order valence-corrected chi connectivity index (χ0v) is 10.9. The standard InChI is InChI=1S/C14H15NO4/c1-3-18-13(16)8-15-14(17)12-7-10-6-9(2)4-5-11(10)19-12/h4-7H,3,8H2,1-2H3,(H,15,17). The Bertz CT molecular complexity index is 615. The Balaban J connectivity index is 2.07. The molecule has 0 atom stereocenters. The molecule has 0 saturated carbocycles. The summed E-state index contributed by atoms with van der Waals surface area (Å²) in [6, 6.07) is 7.31. The number of carbonyl (C=O) groups excluding carboxylic acids is 2. The Labute approximate surface area is 110 Å². The molecule has 0 aliphatic carbocycles. The third-order valence-electron chi connectivity index (χ3n) is 2.59. The lowest BCUT2D eigenvalue weighted by atomic mass is 10.2. The Morgan fingerprint density at radius 3 is 2.84 bits per heavy atom. The fourth-order valence-electron chi connectivity index (χ4n) is 1.73. The number of esters is 1. The van der Waals surface area contributed by atoms with Crippen LogP contribution in [0, 0.1) is 6.92 Å². The molecule has 19 heavy (non-hydrogen) atoms. The van der Waals surface area contributed by atoms with Gasteiger partial charge in [0.05, 0.1) is 6.61 Å². The average Bonchev–Trinajstić information content (AvgIpc) is 2.79. The minimum Gasteiger partial charge on any atom is -0.465 e. The van der Waals surface area contributed by atoms with E-state index in [4.69, 9.17) is 9.15 Å². The summed E-state index contributed by atoms with van der Waals surface area (Å²) in [4.78, 5) is 22.9. The van der Waals surface area contributed by atoms with Crippen molar-refractivity contribution in [1.29, 1.82) is 0 Å². The van der Waals surface area contributed by atoms with Gasteiger partial charge in [0.25, 0.3) is 5.91 Å². The molecule has 0 aliphatic heterocycles. The van der Waals surface area contributed by atoms with Crippen LogP contribution in [0.2, 0.25) is 0 Å². The van der Waals surface area contributed by atoms with Crippen LogP contribution in [0.15, 0.2) is 28.7 Å². The van der Waals surface area contributed by atoms with E-state index in [1.807, 2.05) is 25.1 Å². The summed E-state index contributed by atoms with van der Waals surface area (Å²) in [6.45, 7) is 3.80. The smallest absolute Gasteiger partial charge is 0.325 e. The Morgan fingerprint density at radius 2 is 2.11 bits per heavy atom. The van der Waals surface area contributed by atoms with E-state index in [9.17, 15) is 9.59 Å². The van der Waals surface area contributed by atoms with Gasteiger partial charge in [-0.15, -0.1) is 0 Å². The molecule has 0 spiro atoms. The number of hydrogen-bond donors (Lipinski definition) is 1. The van der Waals surface area contributed by atoms with Gasteiger partial charge >= 0.3 is 5.97 Å². The van der Waals surface area contributed by atoms with Crippen molar-refractivity contribution in [3.8, 4) is 0 Å². The maximum absolute atomic E-state index is 11.8. The molecule has 0 fully saturated rings. The van der Waals surface area contributed by atoms with Crippen molar-refractivity contribution in [3.63, 3.8) is 0 Å². The summed E-state index contributed by atoms with van der Waals surface area (Å²) in [5.74, 6) is -0.713. The van der Waals surface area contributed by atoms with E-state index in [0.29, 0.717) is 12.2 Å². The number of rotatable bonds is 4. The molecule has 1 heterocycles. The van der Waals surface area contributed by atoms with Crippen molar-refractivity contribution in [1.82, 2.24) is 5.32 Å². The number of benzene rings is 1. The molecule has 1 N–H and O–H groups in total. The molecule has 1 aromatic carbocycles. The van der Waals surface area contributed by atoms with E-state index in [2.05, 4.69) is 5.32 Å². The van der Waals surface area contributed by atoms with E-state index in [0.717, 1.165) is 10.9 Å². The summed E-state index contributed by atoms with van der Waals surface area (Å²) in [7, 11) is 0.